The molecule has 1 aromatic rings. The number of hydrazine groups is 1. The van der Waals surface area contributed by atoms with Crippen LogP contribution in [-0.2, 0) is 11.3 Å². The summed E-state index contributed by atoms with van der Waals surface area (Å²) in [6.45, 7) is 4.72. The van der Waals surface area contributed by atoms with Crippen LogP contribution >= 0.6 is 0 Å². The third-order valence-electron chi connectivity index (χ3n) is 2.69. The normalized spacial score (nSPS) is 18.1. The largest absolute Gasteiger partial charge is 0.380 e. The number of ether oxygens (including phenoxy) is 1. The number of hydrogen-bond donors (Lipinski definition) is 2. The van der Waals surface area contributed by atoms with Gasteiger partial charge < -0.3 is 10.2 Å². The van der Waals surface area contributed by atoms with Crippen LogP contribution in [0.5, 0.6) is 0 Å². The van der Waals surface area contributed by atoms with Crippen molar-refractivity contribution in [3.05, 3.63) is 23.9 Å². The Morgan fingerprint density at radius 3 is 3.25 bits per heavy atom. The molecular formula is C11H18N4O. The van der Waals surface area contributed by atoms with Crippen molar-refractivity contribution < 1.29 is 4.74 Å². The van der Waals surface area contributed by atoms with Gasteiger partial charge in [-0.15, -0.1) is 0 Å². The van der Waals surface area contributed by atoms with Crippen LogP contribution in [0.15, 0.2) is 18.3 Å². The van der Waals surface area contributed by atoms with Crippen LogP contribution < -0.4 is 11.3 Å². The van der Waals surface area contributed by atoms with Crippen molar-refractivity contribution in [2.75, 3.05) is 31.7 Å². The fourth-order valence-electron chi connectivity index (χ4n) is 1.87. The maximum absolute atomic E-state index is 5.42. The molecule has 0 bridgehead atoms. The highest BCUT2D eigenvalue weighted by Gasteiger charge is 2.09. The van der Waals surface area contributed by atoms with E-state index in [2.05, 4.69) is 15.3 Å². The van der Waals surface area contributed by atoms with E-state index in [0.717, 1.165) is 39.3 Å². The van der Waals surface area contributed by atoms with E-state index in [1.807, 2.05) is 12.1 Å². The molecular weight excluding hydrogens is 204 g/mol. The quantitative estimate of drug-likeness (QED) is 0.579. The molecule has 5 nitrogen and oxygen atoms in total. The summed E-state index contributed by atoms with van der Waals surface area (Å²) in [7, 11) is 0. The Morgan fingerprint density at radius 2 is 2.38 bits per heavy atom. The fraction of sp³-hybridized carbons (Fsp3) is 0.545. The Labute approximate surface area is 95.6 Å². The molecule has 0 saturated carbocycles. The molecule has 1 aromatic heterocycles. The zero-order chi connectivity index (χ0) is 11.2. The molecule has 0 aliphatic carbocycles. The lowest BCUT2D eigenvalue weighted by atomic mass is 10.2. The topological polar surface area (TPSA) is 63.4 Å². The minimum atomic E-state index is 0.712. The Morgan fingerprint density at radius 1 is 1.44 bits per heavy atom. The van der Waals surface area contributed by atoms with Crippen LogP contribution in [0, 0.1) is 0 Å². The van der Waals surface area contributed by atoms with Gasteiger partial charge in [-0.3, -0.25) is 4.90 Å². The molecule has 0 aromatic carbocycles. The van der Waals surface area contributed by atoms with Crippen LogP contribution in [0.4, 0.5) is 5.82 Å². The Balaban J connectivity index is 1.96. The van der Waals surface area contributed by atoms with Crippen LogP contribution in [-0.4, -0.2) is 36.2 Å². The summed E-state index contributed by atoms with van der Waals surface area (Å²) >= 11 is 0. The zero-order valence-electron chi connectivity index (χ0n) is 9.35. The molecule has 2 heterocycles. The molecule has 0 atom stereocenters. The van der Waals surface area contributed by atoms with Gasteiger partial charge in [-0.25, -0.2) is 10.8 Å². The Hall–Kier alpha value is -1.17. The minimum absolute atomic E-state index is 0.712. The molecule has 5 heteroatoms. The second-order valence-corrected chi connectivity index (χ2v) is 3.94. The molecule has 0 amide bonds. The standard InChI is InChI=1S/C11H18N4O/c12-14-11-8-10(2-3-13-11)9-15-4-1-6-16-7-5-15/h2-3,8H,1,4-7,9,12H2,(H,13,14). The van der Waals surface area contributed by atoms with Gasteiger partial charge in [0.05, 0.1) is 6.61 Å². The highest BCUT2D eigenvalue weighted by Crippen LogP contribution is 2.10. The average Bonchev–Trinajstić information content (AvgIpc) is 2.58. The van der Waals surface area contributed by atoms with Gasteiger partial charge in [0, 0.05) is 32.4 Å². The maximum atomic E-state index is 5.42. The van der Waals surface area contributed by atoms with E-state index < -0.39 is 0 Å². The molecule has 16 heavy (non-hydrogen) atoms. The van der Waals surface area contributed by atoms with Crippen LogP contribution in [0.3, 0.4) is 0 Å². The van der Waals surface area contributed by atoms with Gasteiger partial charge in [0.15, 0.2) is 0 Å². The van der Waals surface area contributed by atoms with Gasteiger partial charge in [0.2, 0.25) is 0 Å². The smallest absolute Gasteiger partial charge is 0.140 e. The van der Waals surface area contributed by atoms with Crippen molar-refractivity contribution in [3.63, 3.8) is 0 Å². The van der Waals surface area contributed by atoms with Gasteiger partial charge in [0.1, 0.15) is 5.82 Å². The SMILES string of the molecule is NNc1cc(CN2CCCOCC2)ccn1. The number of pyridine rings is 1. The van der Waals surface area contributed by atoms with Crippen molar-refractivity contribution in [2.45, 2.75) is 13.0 Å². The first-order chi connectivity index (χ1) is 7.88. The minimum Gasteiger partial charge on any atom is -0.380 e. The highest BCUT2D eigenvalue weighted by atomic mass is 16.5. The monoisotopic (exact) mass is 222 g/mol. The van der Waals surface area contributed by atoms with Crippen LogP contribution in [0.2, 0.25) is 0 Å². The van der Waals surface area contributed by atoms with Gasteiger partial charge in [-0.1, -0.05) is 0 Å². The number of nitrogens with zero attached hydrogens (tertiary/aromatic N) is 2. The summed E-state index contributed by atoms with van der Waals surface area (Å²) in [5.41, 5.74) is 3.79. The third kappa shape index (κ3) is 3.16. The average molecular weight is 222 g/mol. The number of hydrogen-bond acceptors (Lipinski definition) is 5. The first kappa shape index (κ1) is 11.3. The summed E-state index contributed by atoms with van der Waals surface area (Å²) in [6, 6.07) is 4.00. The van der Waals surface area contributed by atoms with Crippen molar-refractivity contribution in [1.82, 2.24) is 9.88 Å². The summed E-state index contributed by atoms with van der Waals surface area (Å²) in [5.74, 6) is 6.04. The van der Waals surface area contributed by atoms with E-state index in [-0.39, 0.29) is 0 Å². The van der Waals surface area contributed by atoms with E-state index in [9.17, 15) is 0 Å². The lowest BCUT2D eigenvalue weighted by molar-refractivity contribution is 0.140. The Bertz CT molecular complexity index is 324. The molecule has 88 valence electrons. The zero-order valence-corrected chi connectivity index (χ0v) is 9.35. The summed E-state index contributed by atoms with van der Waals surface area (Å²) in [4.78, 5) is 6.48. The number of nitrogens with one attached hydrogen (secondary N) is 1. The van der Waals surface area contributed by atoms with E-state index in [4.69, 9.17) is 10.6 Å². The number of nitrogen functional groups attached to an aromatic ring is 1. The van der Waals surface area contributed by atoms with E-state index in [1.165, 1.54) is 5.56 Å². The summed E-state index contributed by atoms with van der Waals surface area (Å²) in [5, 5.41) is 0. The molecule has 0 spiro atoms. The molecule has 1 fully saturated rings. The Kier molecular flexibility index (Phi) is 4.10. The first-order valence-corrected chi connectivity index (χ1v) is 5.60. The van der Waals surface area contributed by atoms with Crippen molar-refractivity contribution in [3.8, 4) is 0 Å². The van der Waals surface area contributed by atoms with Crippen LogP contribution in [0.1, 0.15) is 12.0 Å². The van der Waals surface area contributed by atoms with Gasteiger partial charge in [-0.05, 0) is 24.1 Å². The molecule has 1 aliphatic heterocycles. The van der Waals surface area contributed by atoms with Gasteiger partial charge >= 0.3 is 0 Å². The first-order valence-electron chi connectivity index (χ1n) is 5.60. The number of rotatable bonds is 3. The molecule has 1 aliphatic rings. The predicted molar refractivity (Wildman–Crippen MR) is 62.8 cm³/mol. The van der Waals surface area contributed by atoms with Crippen molar-refractivity contribution >= 4 is 5.82 Å². The van der Waals surface area contributed by atoms with Crippen molar-refractivity contribution in [1.29, 1.82) is 0 Å². The molecule has 0 unspecified atom stereocenters. The number of anilines is 1. The second kappa shape index (κ2) is 5.79. The van der Waals surface area contributed by atoms with Crippen molar-refractivity contribution in [2.24, 2.45) is 5.84 Å². The number of aromatic nitrogens is 1. The summed E-state index contributed by atoms with van der Waals surface area (Å²) in [6.07, 6.45) is 2.88. The van der Waals surface area contributed by atoms with E-state index in [0.29, 0.717) is 5.82 Å². The molecule has 1 saturated heterocycles. The third-order valence-corrected chi connectivity index (χ3v) is 2.69. The number of nitrogens with two attached hydrogens (primary N) is 1. The highest BCUT2D eigenvalue weighted by molar-refractivity contribution is 5.35. The maximum Gasteiger partial charge on any atom is 0.140 e. The molecule has 0 radical (unpaired) electrons. The lowest BCUT2D eigenvalue weighted by Crippen LogP contribution is -2.25. The molecule has 3 N–H and O–H groups in total. The van der Waals surface area contributed by atoms with Crippen LogP contribution in [0.25, 0.3) is 0 Å². The van der Waals surface area contributed by atoms with E-state index >= 15 is 0 Å². The summed E-state index contributed by atoms with van der Waals surface area (Å²) < 4.78 is 5.42. The second-order valence-electron chi connectivity index (χ2n) is 3.94. The van der Waals surface area contributed by atoms with Gasteiger partial charge in [-0.2, -0.15) is 0 Å². The molecule has 2 rings (SSSR count). The van der Waals surface area contributed by atoms with E-state index in [1.54, 1.807) is 6.20 Å². The predicted octanol–water partition coefficient (Wildman–Crippen LogP) is 0.589. The lowest BCUT2D eigenvalue weighted by Gasteiger charge is -2.19. The fourth-order valence-corrected chi connectivity index (χ4v) is 1.87. The van der Waals surface area contributed by atoms with Gasteiger partial charge in [0.25, 0.3) is 0 Å².